The van der Waals surface area contributed by atoms with E-state index in [1.807, 2.05) is 36.3 Å². The van der Waals surface area contributed by atoms with Gasteiger partial charge in [-0.25, -0.2) is 0 Å². The fraction of sp³-hybridized carbons (Fsp3) is 0.400. The largest absolute Gasteiger partial charge is 0.340 e. The number of hydrogen-bond acceptors (Lipinski definition) is 3. The summed E-state index contributed by atoms with van der Waals surface area (Å²) in [5.41, 5.74) is 0.392. The van der Waals surface area contributed by atoms with Gasteiger partial charge in [0.2, 0.25) is 5.91 Å². The minimum absolute atomic E-state index is 0.0153. The standard InChI is InChI=1S/C20H23ClN2O2S/c1-13(2)18(22-19(24)16-7-3-4-8-17(16)21)20(25)23(14-9-10-14)12-15-6-5-11-26-15/h3-8,11,13-14,18H,9-10,12H2,1-2H3,(H,22,24). The number of benzene rings is 1. The lowest BCUT2D eigenvalue weighted by Gasteiger charge is -2.30. The molecule has 1 aromatic heterocycles. The molecule has 1 atom stereocenters. The average Bonchev–Trinajstić information content (AvgIpc) is 3.32. The second-order valence-corrected chi connectivity index (χ2v) is 8.39. The maximum atomic E-state index is 13.2. The number of hydrogen-bond donors (Lipinski definition) is 1. The van der Waals surface area contributed by atoms with Crippen LogP contribution in [0.1, 0.15) is 41.9 Å². The van der Waals surface area contributed by atoms with Gasteiger partial charge in [-0.1, -0.05) is 43.6 Å². The fourth-order valence-electron chi connectivity index (χ4n) is 2.90. The summed E-state index contributed by atoms with van der Waals surface area (Å²) in [7, 11) is 0. The Morgan fingerprint density at radius 2 is 1.96 bits per heavy atom. The highest BCUT2D eigenvalue weighted by molar-refractivity contribution is 7.09. The zero-order chi connectivity index (χ0) is 18.7. The van der Waals surface area contributed by atoms with E-state index in [9.17, 15) is 9.59 Å². The van der Waals surface area contributed by atoms with E-state index in [0.717, 1.165) is 17.7 Å². The summed E-state index contributed by atoms with van der Waals surface area (Å²) >= 11 is 7.77. The van der Waals surface area contributed by atoms with Crippen LogP contribution in [0, 0.1) is 5.92 Å². The maximum Gasteiger partial charge on any atom is 0.253 e. The molecule has 1 fully saturated rings. The topological polar surface area (TPSA) is 49.4 Å². The zero-order valence-electron chi connectivity index (χ0n) is 14.9. The zero-order valence-corrected chi connectivity index (χ0v) is 16.5. The van der Waals surface area contributed by atoms with Crippen LogP contribution in [0.4, 0.5) is 0 Å². The number of carbonyl (C=O) groups excluding carboxylic acids is 2. The number of carbonyl (C=O) groups is 2. The Hall–Kier alpha value is -1.85. The van der Waals surface area contributed by atoms with E-state index in [-0.39, 0.29) is 23.8 Å². The van der Waals surface area contributed by atoms with Crippen molar-refractivity contribution in [2.45, 2.75) is 45.3 Å². The highest BCUT2D eigenvalue weighted by Crippen LogP contribution is 2.30. The molecule has 6 heteroatoms. The summed E-state index contributed by atoms with van der Waals surface area (Å²) in [6.45, 7) is 4.50. The monoisotopic (exact) mass is 390 g/mol. The molecule has 26 heavy (non-hydrogen) atoms. The molecule has 1 aromatic carbocycles. The molecule has 0 spiro atoms. The van der Waals surface area contributed by atoms with E-state index in [4.69, 9.17) is 11.6 Å². The Morgan fingerprint density at radius 3 is 2.54 bits per heavy atom. The van der Waals surface area contributed by atoms with Gasteiger partial charge >= 0.3 is 0 Å². The number of halogens is 1. The highest BCUT2D eigenvalue weighted by Gasteiger charge is 2.37. The summed E-state index contributed by atoms with van der Waals surface area (Å²) in [4.78, 5) is 29.0. The van der Waals surface area contributed by atoms with Crippen LogP contribution < -0.4 is 5.32 Å². The maximum absolute atomic E-state index is 13.2. The second kappa shape index (κ2) is 8.23. The lowest BCUT2D eigenvalue weighted by molar-refractivity contribution is -0.135. The first-order chi connectivity index (χ1) is 12.5. The van der Waals surface area contributed by atoms with Crippen LogP contribution in [0.15, 0.2) is 41.8 Å². The summed E-state index contributed by atoms with van der Waals surface area (Å²) in [6, 6.07) is 10.6. The van der Waals surface area contributed by atoms with Gasteiger partial charge in [-0.3, -0.25) is 9.59 Å². The van der Waals surface area contributed by atoms with Crippen molar-refractivity contribution in [3.8, 4) is 0 Å². The van der Waals surface area contributed by atoms with Crippen molar-refractivity contribution >= 4 is 34.8 Å². The number of thiophene rings is 1. The van der Waals surface area contributed by atoms with Crippen molar-refractivity contribution in [3.63, 3.8) is 0 Å². The van der Waals surface area contributed by atoms with Gasteiger partial charge in [-0.2, -0.15) is 0 Å². The molecule has 4 nitrogen and oxygen atoms in total. The van der Waals surface area contributed by atoms with Crippen LogP contribution in [0.2, 0.25) is 5.02 Å². The first kappa shape index (κ1) is 18.9. The molecule has 3 rings (SSSR count). The minimum Gasteiger partial charge on any atom is -0.340 e. The predicted octanol–water partition coefficient (Wildman–Crippen LogP) is 4.35. The molecule has 1 aliphatic carbocycles. The molecule has 138 valence electrons. The molecule has 2 amide bonds. The van der Waals surface area contributed by atoms with Gasteiger partial charge in [0.1, 0.15) is 6.04 Å². The Balaban J connectivity index is 1.76. The van der Waals surface area contributed by atoms with Crippen molar-refractivity contribution < 1.29 is 9.59 Å². The van der Waals surface area contributed by atoms with Crippen LogP contribution in [0.25, 0.3) is 0 Å². The predicted molar refractivity (Wildman–Crippen MR) is 105 cm³/mol. The van der Waals surface area contributed by atoms with Gasteiger partial charge < -0.3 is 10.2 Å². The SMILES string of the molecule is CC(C)C(NC(=O)c1ccccc1Cl)C(=O)N(Cc1cccs1)C1CC1. The second-order valence-electron chi connectivity index (χ2n) is 6.95. The first-order valence-corrected chi connectivity index (χ1v) is 10.1. The van der Waals surface area contributed by atoms with Crippen LogP contribution in [0.3, 0.4) is 0 Å². The molecular weight excluding hydrogens is 368 g/mol. The first-order valence-electron chi connectivity index (χ1n) is 8.85. The van der Waals surface area contributed by atoms with Crippen LogP contribution in [-0.4, -0.2) is 28.8 Å². The third kappa shape index (κ3) is 4.46. The molecule has 0 radical (unpaired) electrons. The summed E-state index contributed by atoms with van der Waals surface area (Å²) in [6.07, 6.45) is 2.06. The molecule has 1 N–H and O–H groups in total. The van der Waals surface area contributed by atoms with E-state index in [1.165, 1.54) is 0 Å². The molecule has 1 saturated carbocycles. The average molecular weight is 391 g/mol. The smallest absolute Gasteiger partial charge is 0.253 e. The van der Waals surface area contributed by atoms with E-state index < -0.39 is 6.04 Å². The van der Waals surface area contributed by atoms with Gasteiger partial charge in [-0.05, 0) is 42.3 Å². The molecule has 0 aliphatic heterocycles. The number of nitrogens with one attached hydrogen (secondary N) is 1. The van der Waals surface area contributed by atoms with Crippen LogP contribution >= 0.6 is 22.9 Å². The van der Waals surface area contributed by atoms with E-state index in [1.54, 1.807) is 35.6 Å². The Morgan fingerprint density at radius 1 is 1.23 bits per heavy atom. The van der Waals surface area contributed by atoms with Crippen molar-refractivity contribution in [1.82, 2.24) is 10.2 Å². The summed E-state index contributed by atoms with van der Waals surface area (Å²) in [5, 5.41) is 5.31. The van der Waals surface area contributed by atoms with Gasteiger partial charge in [-0.15, -0.1) is 11.3 Å². The van der Waals surface area contributed by atoms with Gasteiger partial charge in [0, 0.05) is 10.9 Å². The lowest BCUT2D eigenvalue weighted by Crippen LogP contribution is -2.51. The quantitative estimate of drug-likeness (QED) is 0.764. The van der Waals surface area contributed by atoms with Crippen LogP contribution in [-0.2, 0) is 11.3 Å². The Bertz CT molecular complexity index is 772. The van der Waals surface area contributed by atoms with Crippen molar-refractivity contribution in [3.05, 3.63) is 57.2 Å². The number of rotatable bonds is 7. The minimum atomic E-state index is -0.570. The molecule has 1 unspecified atom stereocenters. The number of amides is 2. The molecule has 2 aromatic rings. The van der Waals surface area contributed by atoms with E-state index in [0.29, 0.717) is 17.1 Å². The van der Waals surface area contributed by atoms with Gasteiger partial charge in [0.25, 0.3) is 5.91 Å². The fourth-order valence-corrected chi connectivity index (χ4v) is 3.82. The lowest BCUT2D eigenvalue weighted by atomic mass is 10.0. The van der Waals surface area contributed by atoms with Gasteiger partial charge in [0.15, 0.2) is 0 Å². The summed E-state index contributed by atoms with van der Waals surface area (Å²) < 4.78 is 0. The van der Waals surface area contributed by atoms with Gasteiger partial charge in [0.05, 0.1) is 17.1 Å². The molecule has 1 heterocycles. The Kier molecular flexibility index (Phi) is 5.99. The third-order valence-electron chi connectivity index (χ3n) is 4.51. The van der Waals surface area contributed by atoms with Crippen molar-refractivity contribution in [2.75, 3.05) is 0 Å². The number of nitrogens with zero attached hydrogens (tertiary/aromatic N) is 1. The summed E-state index contributed by atoms with van der Waals surface area (Å²) in [5.74, 6) is -0.343. The highest BCUT2D eigenvalue weighted by atomic mass is 35.5. The normalized spacial score (nSPS) is 14.9. The third-order valence-corrected chi connectivity index (χ3v) is 5.71. The molecule has 0 bridgehead atoms. The molecular formula is C20H23ClN2O2S. The molecule has 1 aliphatic rings. The van der Waals surface area contributed by atoms with Crippen molar-refractivity contribution in [2.24, 2.45) is 5.92 Å². The van der Waals surface area contributed by atoms with Crippen molar-refractivity contribution in [1.29, 1.82) is 0 Å². The Labute approximate surface area is 163 Å². The van der Waals surface area contributed by atoms with E-state index in [2.05, 4.69) is 5.32 Å². The van der Waals surface area contributed by atoms with E-state index >= 15 is 0 Å². The molecule has 0 saturated heterocycles. The van der Waals surface area contributed by atoms with Crippen LogP contribution in [0.5, 0.6) is 0 Å².